The smallest absolute Gasteiger partial charge is 0.261 e. The molecule has 0 radical (unpaired) electrons. The molecule has 0 aromatic heterocycles. The summed E-state index contributed by atoms with van der Waals surface area (Å²) in [5.41, 5.74) is -0.829. The summed E-state index contributed by atoms with van der Waals surface area (Å²) >= 11 is 0. The standard InChI is InChI=1S/C6N4O2/c7-1-3-4(2-8)10-6(12)5(11)9-3. The Kier molecular flexibility index (Phi) is 1.76. The highest BCUT2D eigenvalue weighted by atomic mass is 16.2. The Morgan fingerprint density at radius 1 is 0.917 bits per heavy atom. The molecule has 1 aliphatic rings. The minimum Gasteiger partial charge on any atom is -0.261 e. The van der Waals surface area contributed by atoms with E-state index in [0.717, 1.165) is 0 Å². The number of hydrogen-bond donors (Lipinski definition) is 0. The van der Waals surface area contributed by atoms with Gasteiger partial charge >= 0.3 is 11.8 Å². The van der Waals surface area contributed by atoms with Crippen molar-refractivity contribution in [2.45, 2.75) is 0 Å². The lowest BCUT2D eigenvalue weighted by Crippen LogP contribution is -2.24. The molecular formula is C6N4O2. The Morgan fingerprint density at radius 3 is 1.50 bits per heavy atom. The number of hydrogen-bond acceptors (Lipinski definition) is 4. The SMILES string of the molecule is N#CC1=NC(=O)C(=O)N=C1C#N. The topological polar surface area (TPSA) is 106 Å². The number of amides is 2. The summed E-state index contributed by atoms with van der Waals surface area (Å²) in [6, 6.07) is 2.96. The van der Waals surface area contributed by atoms with Gasteiger partial charge in [0.1, 0.15) is 12.1 Å². The van der Waals surface area contributed by atoms with E-state index in [2.05, 4.69) is 9.98 Å². The summed E-state index contributed by atoms with van der Waals surface area (Å²) < 4.78 is 0. The predicted molar refractivity (Wildman–Crippen MR) is 36.1 cm³/mol. The van der Waals surface area contributed by atoms with Gasteiger partial charge in [0.05, 0.1) is 0 Å². The van der Waals surface area contributed by atoms with Crippen molar-refractivity contribution < 1.29 is 9.59 Å². The van der Waals surface area contributed by atoms with E-state index in [0.29, 0.717) is 0 Å². The third kappa shape index (κ3) is 1.09. The molecule has 1 heterocycles. The van der Waals surface area contributed by atoms with Crippen molar-refractivity contribution in [3.05, 3.63) is 0 Å². The fraction of sp³-hybridized carbons (Fsp3) is 0. The monoisotopic (exact) mass is 160 g/mol. The molecule has 0 aliphatic carbocycles. The second kappa shape index (κ2) is 2.72. The molecule has 0 bridgehead atoms. The average molecular weight is 160 g/mol. The molecule has 6 nitrogen and oxygen atoms in total. The third-order valence-corrected chi connectivity index (χ3v) is 1.05. The zero-order valence-corrected chi connectivity index (χ0v) is 5.61. The molecule has 56 valence electrons. The van der Waals surface area contributed by atoms with Crippen molar-refractivity contribution in [2.24, 2.45) is 9.98 Å². The summed E-state index contributed by atoms with van der Waals surface area (Å²) in [4.78, 5) is 27.1. The molecule has 0 saturated carbocycles. The Bertz CT molecular complexity index is 364. The fourth-order valence-electron chi connectivity index (χ4n) is 0.561. The van der Waals surface area contributed by atoms with Crippen molar-refractivity contribution >= 4 is 23.2 Å². The Morgan fingerprint density at radius 2 is 1.25 bits per heavy atom. The van der Waals surface area contributed by atoms with Gasteiger partial charge in [-0.15, -0.1) is 0 Å². The second-order valence-electron chi connectivity index (χ2n) is 1.75. The molecule has 1 aliphatic heterocycles. The van der Waals surface area contributed by atoms with Crippen LogP contribution in [0.3, 0.4) is 0 Å². The van der Waals surface area contributed by atoms with Crippen molar-refractivity contribution in [2.75, 3.05) is 0 Å². The molecule has 0 aromatic rings. The van der Waals surface area contributed by atoms with E-state index >= 15 is 0 Å². The van der Waals surface area contributed by atoms with Crippen molar-refractivity contribution in [3.63, 3.8) is 0 Å². The fourth-order valence-corrected chi connectivity index (χ4v) is 0.561. The zero-order chi connectivity index (χ0) is 9.14. The molecule has 6 heteroatoms. The van der Waals surface area contributed by atoms with Gasteiger partial charge in [0.25, 0.3) is 0 Å². The Hall–Kier alpha value is -2.34. The molecule has 2 amide bonds. The largest absolute Gasteiger partial charge is 0.338 e. The van der Waals surface area contributed by atoms with E-state index in [4.69, 9.17) is 10.5 Å². The molecule has 12 heavy (non-hydrogen) atoms. The first-order valence-electron chi connectivity index (χ1n) is 2.75. The van der Waals surface area contributed by atoms with E-state index in [9.17, 15) is 9.59 Å². The van der Waals surface area contributed by atoms with Crippen LogP contribution in [0.2, 0.25) is 0 Å². The molecular weight excluding hydrogens is 160 g/mol. The van der Waals surface area contributed by atoms with Crippen LogP contribution in [0.5, 0.6) is 0 Å². The minimum atomic E-state index is -1.12. The van der Waals surface area contributed by atoms with Crippen LogP contribution in [-0.2, 0) is 9.59 Å². The maximum atomic E-state index is 10.5. The van der Waals surface area contributed by atoms with Gasteiger partial charge in [-0.25, -0.2) is 0 Å². The first kappa shape index (κ1) is 7.76. The van der Waals surface area contributed by atoms with Crippen LogP contribution >= 0.6 is 0 Å². The number of carbonyl (C=O) groups is 2. The molecule has 0 aromatic carbocycles. The van der Waals surface area contributed by atoms with Gasteiger partial charge in [-0.2, -0.15) is 20.5 Å². The van der Waals surface area contributed by atoms with E-state index in [1.807, 2.05) is 0 Å². The van der Waals surface area contributed by atoms with Gasteiger partial charge in [-0.1, -0.05) is 0 Å². The third-order valence-electron chi connectivity index (χ3n) is 1.05. The van der Waals surface area contributed by atoms with Crippen molar-refractivity contribution in [1.82, 2.24) is 0 Å². The lowest BCUT2D eigenvalue weighted by atomic mass is 10.2. The maximum absolute atomic E-state index is 10.5. The zero-order valence-electron chi connectivity index (χ0n) is 5.61. The molecule has 0 N–H and O–H groups in total. The maximum Gasteiger partial charge on any atom is 0.338 e. The molecule has 0 spiro atoms. The summed E-state index contributed by atoms with van der Waals surface area (Å²) in [5, 5.41) is 16.6. The Labute approximate surface area is 66.5 Å². The number of nitrogens with zero attached hydrogens (tertiary/aromatic N) is 4. The first-order chi connectivity index (χ1) is 5.69. The summed E-state index contributed by atoms with van der Waals surface area (Å²) in [6.07, 6.45) is 0. The van der Waals surface area contributed by atoms with Gasteiger partial charge in [0.15, 0.2) is 11.4 Å². The lowest BCUT2D eigenvalue weighted by Gasteiger charge is -1.97. The molecule has 0 unspecified atom stereocenters. The lowest BCUT2D eigenvalue weighted by molar-refractivity contribution is -0.135. The normalized spacial score (nSPS) is 15.8. The van der Waals surface area contributed by atoms with Crippen LogP contribution in [0.15, 0.2) is 9.98 Å². The number of nitriles is 2. The van der Waals surface area contributed by atoms with Crippen LogP contribution in [0.1, 0.15) is 0 Å². The Balaban J connectivity index is 3.22. The highest BCUT2D eigenvalue weighted by Crippen LogP contribution is 1.95. The van der Waals surface area contributed by atoms with Crippen LogP contribution in [0, 0.1) is 22.7 Å². The van der Waals surface area contributed by atoms with Gasteiger partial charge in [0, 0.05) is 0 Å². The van der Waals surface area contributed by atoms with Crippen LogP contribution in [-0.4, -0.2) is 23.2 Å². The van der Waals surface area contributed by atoms with E-state index in [1.165, 1.54) is 12.1 Å². The first-order valence-corrected chi connectivity index (χ1v) is 2.75. The quantitative estimate of drug-likeness (QED) is 0.422. The highest BCUT2D eigenvalue weighted by molar-refractivity contribution is 6.61. The number of rotatable bonds is 0. The summed E-state index contributed by atoms with van der Waals surface area (Å²) in [6.45, 7) is 0. The second-order valence-corrected chi connectivity index (χ2v) is 1.75. The van der Waals surface area contributed by atoms with Crippen LogP contribution in [0.4, 0.5) is 0 Å². The van der Waals surface area contributed by atoms with Gasteiger partial charge in [0.2, 0.25) is 0 Å². The molecule has 1 rings (SSSR count). The minimum absolute atomic E-state index is 0.415. The predicted octanol–water partition coefficient (Wildman–Crippen LogP) is -1.02. The van der Waals surface area contributed by atoms with E-state index < -0.39 is 23.2 Å². The van der Waals surface area contributed by atoms with E-state index in [-0.39, 0.29) is 0 Å². The van der Waals surface area contributed by atoms with Crippen LogP contribution < -0.4 is 0 Å². The van der Waals surface area contributed by atoms with Gasteiger partial charge in [-0.3, -0.25) is 9.59 Å². The molecule has 0 saturated heterocycles. The highest BCUT2D eigenvalue weighted by Gasteiger charge is 2.23. The van der Waals surface area contributed by atoms with Gasteiger partial charge < -0.3 is 0 Å². The number of carbonyl (C=O) groups excluding carboxylic acids is 2. The molecule has 0 fully saturated rings. The van der Waals surface area contributed by atoms with Crippen molar-refractivity contribution in [3.8, 4) is 12.1 Å². The summed E-state index contributed by atoms with van der Waals surface area (Å²) in [5.74, 6) is -2.24. The molecule has 0 atom stereocenters. The van der Waals surface area contributed by atoms with E-state index in [1.54, 1.807) is 0 Å². The van der Waals surface area contributed by atoms with Crippen molar-refractivity contribution in [1.29, 1.82) is 10.5 Å². The number of aliphatic imine (C=N–C) groups is 2. The van der Waals surface area contributed by atoms with Gasteiger partial charge in [-0.05, 0) is 0 Å². The summed E-state index contributed by atoms with van der Waals surface area (Å²) in [7, 11) is 0. The van der Waals surface area contributed by atoms with Crippen LogP contribution in [0.25, 0.3) is 0 Å². The average Bonchev–Trinajstić information content (AvgIpc) is 2.09.